The van der Waals surface area contributed by atoms with Gasteiger partial charge in [-0.05, 0) is 0 Å². The van der Waals surface area contributed by atoms with Gasteiger partial charge in [0, 0.05) is 17.5 Å². The van der Waals surface area contributed by atoms with Crippen molar-refractivity contribution in [3.05, 3.63) is 35.4 Å². The van der Waals surface area contributed by atoms with Crippen LogP contribution in [0.5, 0.6) is 0 Å². The highest BCUT2D eigenvalue weighted by Gasteiger charge is 2.31. The van der Waals surface area contributed by atoms with E-state index in [-0.39, 0.29) is 17.8 Å². The molecule has 0 heterocycles. The molecule has 1 atom stereocenters. The molecule has 65 valence electrons. The summed E-state index contributed by atoms with van der Waals surface area (Å²) >= 11 is 0. The van der Waals surface area contributed by atoms with Crippen LogP contribution < -0.4 is 0 Å². The molecule has 1 aliphatic rings. The Bertz CT molecular complexity index is 382. The largest absolute Gasteiger partial charge is 0.294 e. The summed E-state index contributed by atoms with van der Waals surface area (Å²) in [5.41, 5.74) is 0.665. The summed E-state index contributed by atoms with van der Waals surface area (Å²) in [5, 5.41) is 11.1. The summed E-state index contributed by atoms with van der Waals surface area (Å²) in [6.07, 6.45) is -1.60. The third kappa shape index (κ3) is 1.17. The van der Waals surface area contributed by atoms with E-state index in [1.165, 1.54) is 6.07 Å². The zero-order chi connectivity index (χ0) is 9.42. The predicted octanol–water partition coefficient (Wildman–Crippen LogP) is 1.25. The number of ketones is 2. The van der Waals surface area contributed by atoms with Crippen LogP contribution >= 0.6 is 0 Å². The van der Waals surface area contributed by atoms with Crippen LogP contribution in [0.3, 0.4) is 0 Å². The van der Waals surface area contributed by atoms with Crippen molar-refractivity contribution in [2.75, 3.05) is 0 Å². The van der Waals surface area contributed by atoms with Gasteiger partial charge in [-0.25, -0.2) is 5.11 Å². The van der Waals surface area contributed by atoms with Crippen molar-refractivity contribution in [1.82, 2.24) is 0 Å². The molecule has 3 heteroatoms. The smallest absolute Gasteiger partial charge is 0.196 e. The first-order chi connectivity index (χ1) is 6.20. The van der Waals surface area contributed by atoms with E-state index in [1.807, 2.05) is 0 Å². The van der Waals surface area contributed by atoms with Crippen LogP contribution in [0.15, 0.2) is 24.3 Å². The van der Waals surface area contributed by atoms with E-state index < -0.39 is 11.9 Å². The standard InChI is InChI=1S/C10H7O3/c11-8-5-9(12)10(13)7-4-2-1-3-6(7)8/h1-4,9H,5H2. The lowest BCUT2D eigenvalue weighted by atomic mass is 9.88. The second kappa shape index (κ2) is 2.78. The lowest BCUT2D eigenvalue weighted by Crippen LogP contribution is -2.29. The first-order valence-electron chi connectivity index (χ1n) is 4.02. The summed E-state index contributed by atoms with van der Waals surface area (Å²) in [6.45, 7) is 0. The van der Waals surface area contributed by atoms with E-state index in [4.69, 9.17) is 0 Å². The number of benzene rings is 1. The molecule has 13 heavy (non-hydrogen) atoms. The topological polar surface area (TPSA) is 54.0 Å². The highest BCUT2D eigenvalue weighted by Crippen LogP contribution is 2.21. The van der Waals surface area contributed by atoms with Gasteiger partial charge in [0.1, 0.15) is 0 Å². The Labute approximate surface area is 75.0 Å². The van der Waals surface area contributed by atoms with Crippen LogP contribution in [0.4, 0.5) is 0 Å². The summed E-state index contributed by atoms with van der Waals surface area (Å²) in [5.74, 6) is -0.689. The van der Waals surface area contributed by atoms with Crippen molar-refractivity contribution in [1.29, 1.82) is 0 Å². The lowest BCUT2D eigenvalue weighted by Gasteiger charge is -2.15. The molecular weight excluding hydrogens is 168 g/mol. The number of carbonyl (C=O) groups is 2. The van der Waals surface area contributed by atoms with Crippen LogP contribution in [0.25, 0.3) is 0 Å². The molecule has 1 unspecified atom stereocenters. The monoisotopic (exact) mass is 175 g/mol. The Hall–Kier alpha value is -1.48. The van der Waals surface area contributed by atoms with Gasteiger partial charge in [-0.1, -0.05) is 24.3 Å². The molecule has 1 radical (unpaired) electrons. The van der Waals surface area contributed by atoms with Crippen LogP contribution in [-0.2, 0) is 5.11 Å². The van der Waals surface area contributed by atoms with Crippen LogP contribution in [0.1, 0.15) is 27.1 Å². The van der Waals surface area contributed by atoms with Crippen LogP contribution in [-0.4, -0.2) is 17.7 Å². The number of hydrogen-bond donors (Lipinski definition) is 0. The Morgan fingerprint density at radius 3 is 2.38 bits per heavy atom. The number of fused-ring (bicyclic) bond motifs is 1. The summed E-state index contributed by atoms with van der Waals surface area (Å²) in [6, 6.07) is 6.46. The van der Waals surface area contributed by atoms with Gasteiger partial charge in [0.2, 0.25) is 0 Å². The fourth-order valence-electron chi connectivity index (χ4n) is 1.49. The molecule has 0 N–H and O–H groups in total. The molecule has 0 saturated heterocycles. The highest BCUT2D eigenvalue weighted by atomic mass is 16.3. The van der Waals surface area contributed by atoms with E-state index in [1.54, 1.807) is 18.2 Å². The quantitative estimate of drug-likeness (QED) is 0.595. The molecule has 0 aliphatic heterocycles. The lowest BCUT2D eigenvalue weighted by molar-refractivity contribution is 0.0464. The first kappa shape index (κ1) is 8.13. The molecule has 1 aromatic carbocycles. The van der Waals surface area contributed by atoms with Gasteiger partial charge in [0.05, 0.1) is 0 Å². The molecule has 0 amide bonds. The fourth-order valence-corrected chi connectivity index (χ4v) is 1.49. The van der Waals surface area contributed by atoms with E-state index >= 15 is 0 Å². The molecular formula is C10H7O3. The second-order valence-electron chi connectivity index (χ2n) is 3.03. The summed E-state index contributed by atoms with van der Waals surface area (Å²) < 4.78 is 0. The van der Waals surface area contributed by atoms with Gasteiger partial charge >= 0.3 is 0 Å². The van der Waals surface area contributed by atoms with Crippen molar-refractivity contribution in [3.63, 3.8) is 0 Å². The maximum atomic E-state index is 11.3. The van der Waals surface area contributed by atoms with E-state index in [9.17, 15) is 14.7 Å². The number of hydrogen-bond acceptors (Lipinski definition) is 2. The molecule has 2 rings (SSSR count). The van der Waals surface area contributed by atoms with Crippen molar-refractivity contribution >= 4 is 11.6 Å². The maximum Gasteiger partial charge on any atom is 0.196 e. The van der Waals surface area contributed by atoms with E-state index in [0.29, 0.717) is 5.56 Å². The molecule has 0 aromatic heterocycles. The molecule has 0 bridgehead atoms. The van der Waals surface area contributed by atoms with Gasteiger partial charge in [-0.3, -0.25) is 9.59 Å². The van der Waals surface area contributed by atoms with Crippen molar-refractivity contribution < 1.29 is 14.7 Å². The SMILES string of the molecule is [O]C1CC(=O)c2ccccc2C1=O. The molecule has 1 aliphatic carbocycles. The molecule has 0 saturated carbocycles. The zero-order valence-electron chi connectivity index (χ0n) is 6.82. The maximum absolute atomic E-state index is 11.3. The Morgan fingerprint density at radius 1 is 1.08 bits per heavy atom. The third-order valence-electron chi connectivity index (χ3n) is 2.16. The molecule has 3 nitrogen and oxygen atoms in total. The molecule has 0 spiro atoms. The average Bonchev–Trinajstić information content (AvgIpc) is 2.15. The summed E-state index contributed by atoms with van der Waals surface area (Å²) in [7, 11) is 0. The first-order valence-corrected chi connectivity index (χ1v) is 4.02. The average molecular weight is 175 g/mol. The van der Waals surface area contributed by atoms with Crippen LogP contribution in [0, 0.1) is 0 Å². The second-order valence-corrected chi connectivity index (χ2v) is 3.03. The van der Waals surface area contributed by atoms with Gasteiger partial charge in [0.15, 0.2) is 17.7 Å². The van der Waals surface area contributed by atoms with Crippen molar-refractivity contribution in [3.8, 4) is 0 Å². The summed E-state index contributed by atoms with van der Waals surface area (Å²) in [4.78, 5) is 22.6. The predicted molar refractivity (Wildman–Crippen MR) is 44.2 cm³/mol. The highest BCUT2D eigenvalue weighted by molar-refractivity contribution is 6.15. The Balaban J connectivity index is 2.60. The van der Waals surface area contributed by atoms with Gasteiger partial charge in [-0.15, -0.1) is 0 Å². The Morgan fingerprint density at radius 2 is 1.69 bits per heavy atom. The number of rotatable bonds is 0. The molecule has 1 aromatic rings. The zero-order valence-corrected chi connectivity index (χ0v) is 6.82. The minimum absolute atomic E-state index is 0.199. The van der Waals surface area contributed by atoms with Gasteiger partial charge in [0.25, 0.3) is 0 Å². The minimum atomic E-state index is -1.40. The number of Topliss-reactive ketones (excluding diaryl/α,β-unsaturated/α-hetero) is 2. The van der Waals surface area contributed by atoms with Crippen molar-refractivity contribution in [2.45, 2.75) is 12.5 Å². The Kier molecular flexibility index (Phi) is 1.74. The van der Waals surface area contributed by atoms with Gasteiger partial charge < -0.3 is 0 Å². The van der Waals surface area contributed by atoms with Crippen molar-refractivity contribution in [2.24, 2.45) is 0 Å². The minimum Gasteiger partial charge on any atom is -0.294 e. The fraction of sp³-hybridized carbons (Fsp3) is 0.200. The van der Waals surface area contributed by atoms with E-state index in [2.05, 4.69) is 0 Å². The van der Waals surface area contributed by atoms with E-state index in [0.717, 1.165) is 0 Å². The van der Waals surface area contributed by atoms with Crippen LogP contribution in [0.2, 0.25) is 0 Å². The third-order valence-corrected chi connectivity index (χ3v) is 2.16. The normalized spacial score (nSPS) is 21.5. The molecule has 0 fully saturated rings. The number of carbonyl (C=O) groups excluding carboxylic acids is 2. The van der Waals surface area contributed by atoms with Gasteiger partial charge in [-0.2, -0.15) is 0 Å².